The van der Waals surface area contributed by atoms with Gasteiger partial charge < -0.3 is 20.1 Å². The van der Waals surface area contributed by atoms with Gasteiger partial charge in [0.05, 0.1) is 12.7 Å². The highest BCUT2D eigenvalue weighted by atomic mass is 16.5. The van der Waals surface area contributed by atoms with E-state index in [-0.39, 0.29) is 5.92 Å². The van der Waals surface area contributed by atoms with Crippen molar-refractivity contribution in [2.45, 2.75) is 63.4 Å². The van der Waals surface area contributed by atoms with Crippen LogP contribution in [0.15, 0.2) is 48.8 Å². The number of pyridine rings is 1. The molecule has 7 nitrogen and oxygen atoms in total. The van der Waals surface area contributed by atoms with Gasteiger partial charge in [0.1, 0.15) is 0 Å². The van der Waals surface area contributed by atoms with Crippen molar-refractivity contribution in [3.8, 4) is 11.1 Å². The summed E-state index contributed by atoms with van der Waals surface area (Å²) >= 11 is 0. The number of piperidine rings is 1. The lowest BCUT2D eigenvalue weighted by Gasteiger charge is -2.42. The summed E-state index contributed by atoms with van der Waals surface area (Å²) < 4.78 is 4.62. The summed E-state index contributed by atoms with van der Waals surface area (Å²) in [6.45, 7) is 1.62. The van der Waals surface area contributed by atoms with E-state index in [1.165, 1.54) is 39.2 Å². The third-order valence-electron chi connectivity index (χ3n) is 7.10. The van der Waals surface area contributed by atoms with Crippen molar-refractivity contribution in [2.24, 2.45) is 5.92 Å². The second-order valence-corrected chi connectivity index (χ2v) is 9.43. The van der Waals surface area contributed by atoms with Crippen molar-refractivity contribution in [1.82, 2.24) is 15.2 Å². The van der Waals surface area contributed by atoms with Crippen LogP contribution in [0.2, 0.25) is 0 Å². The Kier molecular flexibility index (Phi) is 10.5. The smallest absolute Gasteiger partial charge is 0.406 e. The fraction of sp³-hybridized carbons (Fsp3) is 0.536. The van der Waals surface area contributed by atoms with Crippen LogP contribution < -0.4 is 5.32 Å². The van der Waals surface area contributed by atoms with E-state index < -0.39 is 11.7 Å². The van der Waals surface area contributed by atoms with E-state index in [4.69, 9.17) is 0 Å². The molecule has 4 rings (SSSR count). The summed E-state index contributed by atoms with van der Waals surface area (Å²) in [5, 5.41) is 14.8. The molecule has 2 heterocycles. The molecule has 7 heteroatoms. The fourth-order valence-corrected chi connectivity index (χ4v) is 5.20. The molecule has 35 heavy (non-hydrogen) atoms. The lowest BCUT2D eigenvalue weighted by atomic mass is 9.72. The molecule has 1 aromatic heterocycles. The Bertz CT molecular complexity index is 912. The van der Waals surface area contributed by atoms with Crippen LogP contribution in [-0.4, -0.2) is 54.2 Å². The largest absolute Gasteiger partial charge is 0.453 e. The van der Waals surface area contributed by atoms with Crippen LogP contribution in [0.4, 0.5) is 4.79 Å². The number of amides is 2. The maximum Gasteiger partial charge on any atom is 0.406 e. The number of alkyl carbamates (subject to hydrolysis) is 1. The Hall–Kier alpha value is -2.93. The summed E-state index contributed by atoms with van der Waals surface area (Å²) in [7, 11) is 1.33. The molecule has 2 aromatic rings. The number of carbonyl (C=O) groups excluding carboxylic acids is 2. The molecule has 1 saturated carbocycles. The molecule has 0 radical (unpaired) electrons. The molecular formula is C28H39N3O4. The lowest BCUT2D eigenvalue weighted by Crippen LogP contribution is -2.46. The maximum absolute atomic E-state index is 12.1. The first-order valence-electron chi connectivity index (χ1n) is 12.8. The molecule has 2 amide bonds. The molecular weight excluding hydrogens is 442 g/mol. The Balaban J connectivity index is 0.000000607. The van der Waals surface area contributed by atoms with Crippen molar-refractivity contribution >= 4 is 12.5 Å². The molecule has 2 aliphatic rings. The van der Waals surface area contributed by atoms with Gasteiger partial charge >= 0.3 is 6.09 Å². The maximum atomic E-state index is 12.1. The molecule has 190 valence electrons. The molecule has 2 unspecified atom stereocenters. The fourth-order valence-electron chi connectivity index (χ4n) is 5.20. The second-order valence-electron chi connectivity index (χ2n) is 9.43. The Morgan fingerprint density at radius 2 is 1.83 bits per heavy atom. The number of nitrogens with one attached hydrogen (secondary N) is 1. The summed E-state index contributed by atoms with van der Waals surface area (Å²) in [5.41, 5.74) is 1.63. The van der Waals surface area contributed by atoms with E-state index >= 15 is 0 Å². The average Bonchev–Trinajstić information content (AvgIpc) is 3.52. The number of benzene rings is 1. The first-order chi connectivity index (χ1) is 17.1. The minimum absolute atomic E-state index is 0.0995. The number of hydrogen-bond acceptors (Lipinski definition) is 5. The zero-order valence-corrected chi connectivity index (χ0v) is 20.8. The number of nitrogens with zero attached hydrogens (tertiary/aromatic N) is 2. The number of rotatable bonds is 8. The number of hydrogen-bond donors (Lipinski definition) is 2. The van der Waals surface area contributed by atoms with Crippen molar-refractivity contribution < 1.29 is 19.4 Å². The SMILES string of the molecule is C1CCCC1.COC(=O)NCCCC(O)(c1ccccc1-c1ccncc1)C1CCCN(C=O)C1. The van der Waals surface area contributed by atoms with E-state index in [1.54, 1.807) is 17.3 Å². The monoisotopic (exact) mass is 481 g/mol. The van der Waals surface area contributed by atoms with E-state index in [0.29, 0.717) is 32.5 Å². The summed E-state index contributed by atoms with van der Waals surface area (Å²) in [6.07, 6.45) is 14.1. The highest BCUT2D eigenvalue weighted by Gasteiger charge is 2.41. The Morgan fingerprint density at radius 3 is 2.49 bits per heavy atom. The van der Waals surface area contributed by atoms with E-state index in [1.807, 2.05) is 36.4 Å². The van der Waals surface area contributed by atoms with Crippen LogP contribution in [0.3, 0.4) is 0 Å². The van der Waals surface area contributed by atoms with Crippen LogP contribution >= 0.6 is 0 Å². The Morgan fingerprint density at radius 1 is 1.14 bits per heavy atom. The first kappa shape index (κ1) is 26.7. The van der Waals surface area contributed by atoms with E-state index in [0.717, 1.165) is 35.9 Å². The number of carbonyl (C=O) groups is 2. The third kappa shape index (κ3) is 7.52. The summed E-state index contributed by atoms with van der Waals surface area (Å²) in [6, 6.07) is 11.7. The molecule has 0 spiro atoms. The van der Waals surface area contributed by atoms with Crippen LogP contribution in [0.25, 0.3) is 11.1 Å². The summed E-state index contributed by atoms with van der Waals surface area (Å²) in [5.74, 6) is -0.0995. The predicted molar refractivity (Wildman–Crippen MR) is 137 cm³/mol. The second kappa shape index (κ2) is 13.8. The van der Waals surface area contributed by atoms with Gasteiger partial charge in [-0.15, -0.1) is 0 Å². The molecule has 2 N–H and O–H groups in total. The standard InChI is InChI=1S/C23H29N3O4.C5H10/c1-30-22(28)25-12-5-11-23(29,19-6-4-15-26(16-19)17-27)21-8-3-2-7-20(21)18-9-13-24-14-10-18;1-2-4-5-3-1/h2-3,7-10,13-14,17,19,29H,4-6,11-12,15-16H2,1H3,(H,25,28);1-5H2. The minimum Gasteiger partial charge on any atom is -0.453 e. The minimum atomic E-state index is -1.14. The normalized spacial score (nSPS) is 19.1. The average molecular weight is 482 g/mol. The topological polar surface area (TPSA) is 91.8 Å². The van der Waals surface area contributed by atoms with Gasteiger partial charge in [0, 0.05) is 37.9 Å². The van der Waals surface area contributed by atoms with Gasteiger partial charge in [-0.1, -0.05) is 56.4 Å². The van der Waals surface area contributed by atoms with Crippen LogP contribution in [0, 0.1) is 5.92 Å². The van der Waals surface area contributed by atoms with Crippen molar-refractivity contribution in [3.63, 3.8) is 0 Å². The number of aliphatic hydroxyl groups is 1. The summed E-state index contributed by atoms with van der Waals surface area (Å²) in [4.78, 5) is 28.6. The van der Waals surface area contributed by atoms with Crippen LogP contribution in [0.5, 0.6) is 0 Å². The number of likely N-dealkylation sites (tertiary alicyclic amines) is 1. The number of methoxy groups -OCH3 is 1. The molecule has 2 fully saturated rings. The van der Waals surface area contributed by atoms with Gasteiger partial charge in [0.2, 0.25) is 6.41 Å². The van der Waals surface area contributed by atoms with Crippen LogP contribution in [0.1, 0.15) is 63.4 Å². The first-order valence-corrected chi connectivity index (χ1v) is 12.8. The lowest BCUT2D eigenvalue weighted by molar-refractivity contribution is -0.123. The third-order valence-corrected chi connectivity index (χ3v) is 7.10. The van der Waals surface area contributed by atoms with Crippen LogP contribution in [-0.2, 0) is 15.1 Å². The van der Waals surface area contributed by atoms with E-state index in [9.17, 15) is 14.7 Å². The zero-order chi connectivity index (χ0) is 24.9. The molecule has 1 aromatic carbocycles. The highest BCUT2D eigenvalue weighted by Crippen LogP contribution is 2.43. The number of ether oxygens (including phenoxy) is 1. The molecule has 0 bridgehead atoms. The van der Waals surface area contributed by atoms with E-state index in [2.05, 4.69) is 15.0 Å². The molecule has 2 atom stereocenters. The molecule has 1 aliphatic carbocycles. The molecule has 1 aliphatic heterocycles. The van der Waals surface area contributed by atoms with Crippen molar-refractivity contribution in [3.05, 3.63) is 54.4 Å². The number of aromatic nitrogens is 1. The van der Waals surface area contributed by atoms with Gasteiger partial charge in [-0.2, -0.15) is 0 Å². The Labute approximate surface area is 208 Å². The van der Waals surface area contributed by atoms with Gasteiger partial charge in [-0.25, -0.2) is 4.79 Å². The highest BCUT2D eigenvalue weighted by molar-refractivity contribution is 5.68. The van der Waals surface area contributed by atoms with Gasteiger partial charge in [0.15, 0.2) is 0 Å². The van der Waals surface area contributed by atoms with Crippen molar-refractivity contribution in [2.75, 3.05) is 26.7 Å². The van der Waals surface area contributed by atoms with Gasteiger partial charge in [-0.05, 0) is 54.5 Å². The predicted octanol–water partition coefficient (Wildman–Crippen LogP) is 4.89. The van der Waals surface area contributed by atoms with Gasteiger partial charge in [0.25, 0.3) is 0 Å². The van der Waals surface area contributed by atoms with Crippen molar-refractivity contribution in [1.29, 1.82) is 0 Å². The molecule has 1 saturated heterocycles. The quantitative estimate of drug-likeness (QED) is 0.414. The van der Waals surface area contributed by atoms with Gasteiger partial charge in [-0.3, -0.25) is 9.78 Å². The zero-order valence-electron chi connectivity index (χ0n) is 20.8.